The van der Waals surface area contributed by atoms with Gasteiger partial charge in [0.1, 0.15) is 5.39 Å². The van der Waals surface area contributed by atoms with Gasteiger partial charge >= 0.3 is 0 Å². The van der Waals surface area contributed by atoms with Gasteiger partial charge in [-0.2, -0.15) is 0 Å². The number of para-hydroxylation sites is 1. The molecule has 0 amide bonds. The Hall–Kier alpha value is -2.72. The average Bonchev–Trinajstić information content (AvgIpc) is 3.16. The van der Waals surface area contributed by atoms with Gasteiger partial charge in [0.15, 0.2) is 5.52 Å². The second-order valence-corrected chi connectivity index (χ2v) is 7.37. The van der Waals surface area contributed by atoms with Crippen molar-refractivity contribution in [3.63, 3.8) is 0 Å². The molecule has 6 rings (SSSR count). The first-order chi connectivity index (χ1) is 11.8. The minimum Gasteiger partial charge on any atom is -0.307 e. The first kappa shape index (κ1) is 12.7. The monoisotopic (exact) mass is 328 g/mol. The number of nitrogens with zero attached hydrogens (tertiary/aromatic N) is 3. The lowest BCUT2D eigenvalue weighted by Gasteiger charge is -2.09. The van der Waals surface area contributed by atoms with Crippen LogP contribution in [0.3, 0.4) is 0 Å². The SMILES string of the molecule is Cc1ccc2c3ccccc3n3c4csc5nc[n+](C)c(c1c23)c54. The highest BCUT2D eigenvalue weighted by Gasteiger charge is 2.24. The third-order valence-electron chi connectivity index (χ3n) is 5.21. The van der Waals surface area contributed by atoms with E-state index >= 15 is 0 Å². The zero-order valence-electron chi connectivity index (χ0n) is 13.4. The summed E-state index contributed by atoms with van der Waals surface area (Å²) in [5.74, 6) is 0. The van der Waals surface area contributed by atoms with E-state index in [0.29, 0.717) is 0 Å². The normalized spacial score (nSPS) is 12.6. The Labute approximate surface area is 141 Å². The van der Waals surface area contributed by atoms with Gasteiger partial charge in [0.05, 0.1) is 23.6 Å². The number of hydrogen-bond donors (Lipinski definition) is 0. The molecule has 24 heavy (non-hydrogen) atoms. The zero-order chi connectivity index (χ0) is 16.0. The lowest BCUT2D eigenvalue weighted by molar-refractivity contribution is -0.646. The number of hydrogen-bond acceptors (Lipinski definition) is 2. The van der Waals surface area contributed by atoms with Crippen molar-refractivity contribution in [2.45, 2.75) is 6.92 Å². The molecule has 4 heteroatoms. The minimum absolute atomic E-state index is 1.11. The van der Waals surface area contributed by atoms with Crippen LogP contribution in [0.4, 0.5) is 0 Å². The maximum atomic E-state index is 4.64. The summed E-state index contributed by atoms with van der Waals surface area (Å²) in [7, 11) is 2.10. The lowest BCUT2D eigenvalue weighted by atomic mass is 10.0. The van der Waals surface area contributed by atoms with Gasteiger partial charge in [0.2, 0.25) is 4.83 Å². The molecule has 0 atom stereocenters. The van der Waals surface area contributed by atoms with Crippen LogP contribution in [0.1, 0.15) is 5.56 Å². The topological polar surface area (TPSA) is 21.2 Å². The van der Waals surface area contributed by atoms with Crippen molar-refractivity contribution in [1.29, 1.82) is 0 Å². The van der Waals surface area contributed by atoms with E-state index in [-0.39, 0.29) is 0 Å². The molecule has 114 valence electrons. The largest absolute Gasteiger partial charge is 0.307 e. The Morgan fingerprint density at radius 3 is 2.79 bits per heavy atom. The molecule has 0 aliphatic heterocycles. The van der Waals surface area contributed by atoms with Crippen LogP contribution in [-0.4, -0.2) is 9.38 Å². The number of fused-ring (bicyclic) bond motifs is 5. The van der Waals surface area contributed by atoms with Gasteiger partial charge in [-0.3, -0.25) is 0 Å². The third kappa shape index (κ3) is 1.27. The molecule has 0 radical (unpaired) electrons. The van der Waals surface area contributed by atoms with E-state index in [9.17, 15) is 0 Å². The molecule has 0 aliphatic carbocycles. The van der Waals surface area contributed by atoms with Crippen LogP contribution < -0.4 is 4.57 Å². The van der Waals surface area contributed by atoms with Gasteiger partial charge in [-0.05, 0) is 23.5 Å². The summed E-state index contributed by atoms with van der Waals surface area (Å²) in [6, 6.07) is 13.2. The second kappa shape index (κ2) is 4.02. The number of benzene rings is 2. The lowest BCUT2D eigenvalue weighted by Crippen LogP contribution is -2.29. The van der Waals surface area contributed by atoms with E-state index < -0.39 is 0 Å². The minimum atomic E-state index is 1.11. The van der Waals surface area contributed by atoms with E-state index in [1.54, 1.807) is 11.3 Å². The summed E-state index contributed by atoms with van der Waals surface area (Å²) < 4.78 is 4.60. The van der Waals surface area contributed by atoms with E-state index in [1.165, 1.54) is 49.2 Å². The van der Waals surface area contributed by atoms with Gasteiger partial charge in [0, 0.05) is 21.5 Å². The van der Waals surface area contributed by atoms with E-state index in [0.717, 1.165) is 4.83 Å². The Balaban J connectivity index is 2.18. The van der Waals surface area contributed by atoms with Crippen molar-refractivity contribution in [2.24, 2.45) is 7.05 Å². The number of rotatable bonds is 0. The Bertz CT molecular complexity index is 1420. The number of aromatic nitrogens is 3. The van der Waals surface area contributed by atoms with Gasteiger partial charge in [-0.15, -0.1) is 0 Å². The Kier molecular flexibility index (Phi) is 2.12. The summed E-state index contributed by atoms with van der Waals surface area (Å²) in [6.45, 7) is 2.21. The summed E-state index contributed by atoms with van der Waals surface area (Å²) in [5, 5.41) is 7.50. The highest BCUT2D eigenvalue weighted by atomic mass is 32.1. The highest BCUT2D eigenvalue weighted by molar-refractivity contribution is 7.17. The Morgan fingerprint density at radius 1 is 1.00 bits per heavy atom. The Morgan fingerprint density at radius 2 is 1.88 bits per heavy atom. The number of pyridine rings is 1. The van der Waals surface area contributed by atoms with Crippen molar-refractivity contribution in [2.75, 3.05) is 0 Å². The summed E-state index contributed by atoms with van der Waals surface area (Å²) in [5.41, 5.74) is 6.46. The van der Waals surface area contributed by atoms with Crippen LogP contribution in [-0.2, 0) is 7.05 Å². The maximum absolute atomic E-state index is 4.64. The molecule has 0 aliphatic rings. The summed E-state index contributed by atoms with van der Waals surface area (Å²) in [6.07, 6.45) is 1.94. The van der Waals surface area contributed by atoms with Gasteiger partial charge in [0.25, 0.3) is 6.33 Å². The molecule has 0 unspecified atom stereocenters. The van der Waals surface area contributed by atoms with Gasteiger partial charge < -0.3 is 4.40 Å². The summed E-state index contributed by atoms with van der Waals surface area (Å²) >= 11 is 1.73. The van der Waals surface area contributed by atoms with Gasteiger partial charge in [-0.25, -0.2) is 4.57 Å². The molecular formula is C20H14N3S+. The van der Waals surface area contributed by atoms with Crippen LogP contribution in [0.15, 0.2) is 48.1 Å². The van der Waals surface area contributed by atoms with Crippen molar-refractivity contribution >= 4 is 59.8 Å². The highest BCUT2D eigenvalue weighted by Crippen LogP contribution is 2.41. The molecule has 4 heterocycles. The fourth-order valence-corrected chi connectivity index (χ4v) is 5.08. The molecular weight excluding hydrogens is 314 g/mol. The van der Waals surface area contributed by atoms with Crippen molar-refractivity contribution in [1.82, 2.24) is 9.38 Å². The van der Waals surface area contributed by atoms with Crippen molar-refractivity contribution in [3.8, 4) is 0 Å². The summed E-state index contributed by atoms with van der Waals surface area (Å²) in [4.78, 5) is 5.75. The molecule has 0 saturated heterocycles. The first-order valence-electron chi connectivity index (χ1n) is 8.05. The maximum Gasteiger partial charge on any atom is 0.288 e. The molecule has 0 fully saturated rings. The molecule has 3 nitrogen and oxygen atoms in total. The van der Waals surface area contributed by atoms with Crippen LogP contribution in [0.25, 0.3) is 48.4 Å². The number of aryl methyl sites for hydroxylation is 2. The zero-order valence-corrected chi connectivity index (χ0v) is 14.2. The standard InChI is InChI=1S/C20H14N3S/c1-11-7-8-13-12-5-3-4-6-14(12)23-15-9-24-20-17(15)19(16(11)18(13)23)22(2)10-21-20/h3-10H,1-2H3/q+1. The fourth-order valence-electron chi connectivity index (χ4n) is 4.20. The molecule has 6 aromatic rings. The predicted octanol–water partition coefficient (Wildman–Crippen LogP) is 4.58. The van der Waals surface area contributed by atoms with Crippen LogP contribution in [0, 0.1) is 6.92 Å². The molecule has 0 N–H and O–H groups in total. The van der Waals surface area contributed by atoms with Crippen LogP contribution in [0.5, 0.6) is 0 Å². The molecule has 0 bridgehead atoms. The third-order valence-corrected chi connectivity index (χ3v) is 6.09. The van der Waals surface area contributed by atoms with E-state index in [4.69, 9.17) is 0 Å². The van der Waals surface area contributed by atoms with Gasteiger partial charge in [-0.1, -0.05) is 41.7 Å². The van der Waals surface area contributed by atoms with E-state index in [2.05, 4.69) is 69.7 Å². The molecule has 2 aromatic carbocycles. The second-order valence-electron chi connectivity index (χ2n) is 6.51. The first-order valence-corrected chi connectivity index (χ1v) is 8.93. The predicted molar refractivity (Wildman–Crippen MR) is 100 cm³/mol. The van der Waals surface area contributed by atoms with Crippen LogP contribution >= 0.6 is 11.3 Å². The average molecular weight is 328 g/mol. The van der Waals surface area contributed by atoms with Crippen LogP contribution in [0.2, 0.25) is 0 Å². The molecule has 0 spiro atoms. The number of thiophene rings is 1. The van der Waals surface area contributed by atoms with E-state index in [1.807, 2.05) is 6.33 Å². The molecule has 4 aromatic heterocycles. The quantitative estimate of drug-likeness (QED) is 0.295. The van der Waals surface area contributed by atoms with Crippen molar-refractivity contribution < 1.29 is 4.57 Å². The fraction of sp³-hybridized carbons (Fsp3) is 0.100. The smallest absolute Gasteiger partial charge is 0.288 e. The van der Waals surface area contributed by atoms with Crippen molar-refractivity contribution in [3.05, 3.63) is 53.7 Å². The molecule has 0 saturated carbocycles.